The lowest BCUT2D eigenvalue weighted by Gasteiger charge is -2.37. The molecule has 3 aromatic rings. The van der Waals surface area contributed by atoms with E-state index in [4.69, 9.17) is 0 Å². The molecule has 0 aliphatic carbocycles. The van der Waals surface area contributed by atoms with Crippen LogP contribution in [0.25, 0.3) is 0 Å². The number of carbonyl (C=O) groups excluding carboxylic acids is 1. The minimum Gasteiger partial charge on any atom is -0.348 e. The first-order valence-corrected chi connectivity index (χ1v) is 8.56. The number of benzene rings is 2. The Morgan fingerprint density at radius 3 is 2.64 bits per heavy atom. The van der Waals surface area contributed by atoms with Crippen molar-refractivity contribution in [3.05, 3.63) is 89.7 Å². The molecular formula is C21H21N3O. The highest BCUT2D eigenvalue weighted by Crippen LogP contribution is 2.32. The monoisotopic (exact) mass is 331 g/mol. The number of anilines is 1. The van der Waals surface area contributed by atoms with Gasteiger partial charge in [0.15, 0.2) is 0 Å². The van der Waals surface area contributed by atoms with Crippen molar-refractivity contribution in [3.63, 3.8) is 0 Å². The van der Waals surface area contributed by atoms with Crippen LogP contribution in [0.5, 0.6) is 0 Å². The van der Waals surface area contributed by atoms with Crippen LogP contribution >= 0.6 is 0 Å². The highest BCUT2D eigenvalue weighted by molar-refractivity contribution is 5.90. The van der Waals surface area contributed by atoms with Gasteiger partial charge in [0, 0.05) is 30.7 Å². The first-order chi connectivity index (χ1) is 12.2. The lowest BCUT2D eigenvalue weighted by molar-refractivity contribution is 0.182. The van der Waals surface area contributed by atoms with Crippen LogP contribution in [0.4, 0.5) is 10.5 Å². The van der Waals surface area contributed by atoms with E-state index in [1.54, 1.807) is 0 Å². The summed E-state index contributed by atoms with van der Waals surface area (Å²) in [4.78, 5) is 14.9. The van der Waals surface area contributed by atoms with Crippen LogP contribution in [0.2, 0.25) is 0 Å². The molecule has 1 aliphatic heterocycles. The Morgan fingerprint density at radius 2 is 1.84 bits per heavy atom. The van der Waals surface area contributed by atoms with Gasteiger partial charge >= 0.3 is 6.03 Å². The normalized spacial score (nSPS) is 16.4. The average molecular weight is 331 g/mol. The second-order valence-corrected chi connectivity index (χ2v) is 6.43. The van der Waals surface area contributed by atoms with Crippen molar-refractivity contribution in [2.75, 3.05) is 11.9 Å². The van der Waals surface area contributed by atoms with E-state index in [1.807, 2.05) is 60.4 Å². The maximum Gasteiger partial charge on any atom is 0.322 e. The minimum absolute atomic E-state index is 0.0631. The second kappa shape index (κ2) is 6.48. The van der Waals surface area contributed by atoms with Crippen molar-refractivity contribution in [1.82, 2.24) is 9.47 Å². The number of hydrogen-bond acceptors (Lipinski definition) is 1. The van der Waals surface area contributed by atoms with Crippen LogP contribution in [-0.4, -0.2) is 22.0 Å². The molecule has 1 aromatic heterocycles. The predicted octanol–water partition coefficient (Wildman–Crippen LogP) is 4.43. The Labute approximate surface area is 147 Å². The quantitative estimate of drug-likeness (QED) is 0.741. The van der Waals surface area contributed by atoms with E-state index < -0.39 is 0 Å². The molecule has 0 bridgehead atoms. The lowest BCUT2D eigenvalue weighted by atomic mass is 10.0. The highest BCUT2D eigenvalue weighted by Gasteiger charge is 2.32. The largest absolute Gasteiger partial charge is 0.348 e. The van der Waals surface area contributed by atoms with Crippen molar-refractivity contribution in [2.24, 2.45) is 0 Å². The third-order valence-electron chi connectivity index (χ3n) is 4.68. The lowest BCUT2D eigenvalue weighted by Crippen LogP contribution is -2.44. The zero-order chi connectivity index (χ0) is 17.2. The summed E-state index contributed by atoms with van der Waals surface area (Å²) in [6, 6.07) is 22.1. The first-order valence-electron chi connectivity index (χ1n) is 8.56. The molecule has 4 heteroatoms. The molecule has 25 heavy (non-hydrogen) atoms. The minimum atomic E-state index is -0.0743. The standard InChI is InChI=1S/C21H21N3O/c1-16-7-5-10-18(15-16)22-21(25)24-14-13-23-12-6-11-19(23)20(24)17-8-3-2-4-9-17/h2-12,15,20H,13-14H2,1H3,(H,22,25)/t20-/m1/s1. The van der Waals surface area contributed by atoms with E-state index in [9.17, 15) is 4.79 Å². The van der Waals surface area contributed by atoms with Crippen LogP contribution in [0.15, 0.2) is 72.9 Å². The maximum atomic E-state index is 13.0. The molecule has 0 radical (unpaired) electrons. The molecule has 0 saturated heterocycles. The van der Waals surface area contributed by atoms with Gasteiger partial charge in [-0.3, -0.25) is 0 Å². The molecule has 2 heterocycles. The molecule has 1 aliphatic rings. The smallest absolute Gasteiger partial charge is 0.322 e. The summed E-state index contributed by atoms with van der Waals surface area (Å²) in [5.74, 6) is 0. The van der Waals surface area contributed by atoms with Crippen LogP contribution in [0.3, 0.4) is 0 Å². The van der Waals surface area contributed by atoms with E-state index in [-0.39, 0.29) is 12.1 Å². The first kappa shape index (κ1) is 15.5. The van der Waals surface area contributed by atoms with Crippen LogP contribution < -0.4 is 5.32 Å². The Morgan fingerprint density at radius 1 is 1.00 bits per heavy atom. The third kappa shape index (κ3) is 3.03. The summed E-state index contributed by atoms with van der Waals surface area (Å²) in [5, 5.41) is 3.05. The van der Waals surface area contributed by atoms with E-state index >= 15 is 0 Å². The fourth-order valence-corrected chi connectivity index (χ4v) is 3.51. The summed E-state index contributed by atoms with van der Waals surface area (Å²) in [6.45, 7) is 3.52. The fraction of sp³-hybridized carbons (Fsp3) is 0.190. The summed E-state index contributed by atoms with van der Waals surface area (Å²) >= 11 is 0. The van der Waals surface area contributed by atoms with Gasteiger partial charge in [-0.2, -0.15) is 0 Å². The second-order valence-electron chi connectivity index (χ2n) is 6.43. The molecular weight excluding hydrogens is 310 g/mol. The summed E-state index contributed by atoms with van der Waals surface area (Å²) in [7, 11) is 0. The number of amides is 2. The Kier molecular flexibility index (Phi) is 4.02. The average Bonchev–Trinajstić information content (AvgIpc) is 3.10. The van der Waals surface area contributed by atoms with Gasteiger partial charge in [0.05, 0.1) is 6.04 Å². The van der Waals surface area contributed by atoms with Gasteiger partial charge in [0.25, 0.3) is 0 Å². The van der Waals surface area contributed by atoms with Crippen LogP contribution in [-0.2, 0) is 6.54 Å². The number of nitrogens with zero attached hydrogens (tertiary/aromatic N) is 2. The van der Waals surface area contributed by atoms with Gasteiger partial charge in [-0.15, -0.1) is 0 Å². The number of urea groups is 1. The number of aryl methyl sites for hydroxylation is 1. The number of nitrogens with one attached hydrogen (secondary N) is 1. The van der Waals surface area contributed by atoms with Crippen LogP contribution in [0, 0.1) is 6.92 Å². The zero-order valence-electron chi connectivity index (χ0n) is 14.2. The molecule has 0 unspecified atom stereocenters. The SMILES string of the molecule is Cc1cccc(NC(=O)N2CCn3cccc3[C@H]2c2ccccc2)c1. The number of rotatable bonds is 2. The molecule has 0 saturated carbocycles. The van der Waals surface area contributed by atoms with Gasteiger partial charge in [0.1, 0.15) is 0 Å². The molecule has 126 valence electrons. The number of carbonyl (C=O) groups is 1. The van der Waals surface area contributed by atoms with Crippen LogP contribution in [0.1, 0.15) is 22.9 Å². The Balaban J connectivity index is 1.66. The van der Waals surface area contributed by atoms with Gasteiger partial charge in [-0.05, 0) is 42.3 Å². The Hall–Kier alpha value is -3.01. The number of aromatic nitrogens is 1. The van der Waals surface area contributed by atoms with Gasteiger partial charge in [-0.25, -0.2) is 4.79 Å². The molecule has 2 amide bonds. The molecule has 4 nitrogen and oxygen atoms in total. The van der Waals surface area contributed by atoms with Crippen molar-refractivity contribution in [3.8, 4) is 0 Å². The van der Waals surface area contributed by atoms with Crippen molar-refractivity contribution < 1.29 is 4.79 Å². The maximum absolute atomic E-state index is 13.0. The predicted molar refractivity (Wildman–Crippen MR) is 99.6 cm³/mol. The van der Waals surface area contributed by atoms with E-state index in [0.717, 1.165) is 29.1 Å². The summed E-state index contributed by atoms with van der Waals surface area (Å²) in [6.07, 6.45) is 2.08. The fourth-order valence-electron chi connectivity index (χ4n) is 3.51. The number of fused-ring (bicyclic) bond motifs is 1. The van der Waals surface area contributed by atoms with E-state index in [2.05, 4.69) is 34.3 Å². The van der Waals surface area contributed by atoms with Crippen molar-refractivity contribution >= 4 is 11.7 Å². The van der Waals surface area contributed by atoms with E-state index in [1.165, 1.54) is 0 Å². The zero-order valence-corrected chi connectivity index (χ0v) is 14.2. The highest BCUT2D eigenvalue weighted by atomic mass is 16.2. The summed E-state index contributed by atoms with van der Waals surface area (Å²) < 4.78 is 2.23. The number of hydrogen-bond donors (Lipinski definition) is 1. The molecule has 0 fully saturated rings. The van der Waals surface area contributed by atoms with Gasteiger partial charge in [0.2, 0.25) is 0 Å². The molecule has 2 aromatic carbocycles. The van der Waals surface area contributed by atoms with Gasteiger partial charge in [-0.1, -0.05) is 42.5 Å². The topological polar surface area (TPSA) is 37.3 Å². The summed E-state index contributed by atoms with van der Waals surface area (Å²) in [5.41, 5.74) is 4.24. The van der Waals surface area contributed by atoms with E-state index in [0.29, 0.717) is 6.54 Å². The Bertz CT molecular complexity index is 885. The van der Waals surface area contributed by atoms with Crippen molar-refractivity contribution in [2.45, 2.75) is 19.5 Å². The third-order valence-corrected chi connectivity index (χ3v) is 4.68. The van der Waals surface area contributed by atoms with Crippen molar-refractivity contribution in [1.29, 1.82) is 0 Å². The molecule has 4 rings (SSSR count). The molecule has 0 spiro atoms. The van der Waals surface area contributed by atoms with Gasteiger partial charge < -0.3 is 14.8 Å². The molecule has 1 atom stereocenters. The molecule has 1 N–H and O–H groups in total.